The Morgan fingerprint density at radius 2 is 1.71 bits per heavy atom. The highest BCUT2D eigenvalue weighted by molar-refractivity contribution is 5.91. The predicted molar refractivity (Wildman–Crippen MR) is 132 cm³/mol. The third-order valence-corrected chi connectivity index (χ3v) is 5.78. The number of pyridine rings is 2. The number of unbranched alkanes of at least 4 members (excludes halogenated alkanes) is 1. The quantitative estimate of drug-likeness (QED) is 0.335. The van der Waals surface area contributed by atoms with Crippen LogP contribution >= 0.6 is 0 Å². The van der Waals surface area contributed by atoms with Gasteiger partial charge in [0.25, 0.3) is 0 Å². The Bertz CT molecular complexity index is 1180. The fourth-order valence-electron chi connectivity index (χ4n) is 3.92. The van der Waals surface area contributed by atoms with Crippen LogP contribution in [0.4, 0.5) is 5.69 Å². The summed E-state index contributed by atoms with van der Waals surface area (Å²) in [5.74, 6) is 0. The molecule has 1 N–H and O–H groups in total. The molecule has 0 aliphatic heterocycles. The molecule has 4 rings (SSSR count). The summed E-state index contributed by atoms with van der Waals surface area (Å²) >= 11 is 0. The molecule has 0 spiro atoms. The van der Waals surface area contributed by atoms with Gasteiger partial charge in [0, 0.05) is 35.6 Å². The topological polar surface area (TPSA) is 37.8 Å². The van der Waals surface area contributed by atoms with Crippen molar-refractivity contribution in [1.82, 2.24) is 9.97 Å². The molecule has 4 aromatic rings. The van der Waals surface area contributed by atoms with E-state index in [0.29, 0.717) is 0 Å². The zero-order chi connectivity index (χ0) is 21.6. The standard InChI is InChI=1S/C28H29N3/c1-4-6-7-21-8-10-22(11-9-21)18-30-24-14-12-23(13-15-24)28-20(3)25(5-2)26-19-29-17-16-27(26)31-28/h5,8-17,19,30H,2,4,6-7,18H2,1,3H3. The summed E-state index contributed by atoms with van der Waals surface area (Å²) in [6.07, 6.45) is 9.19. The summed E-state index contributed by atoms with van der Waals surface area (Å²) in [7, 11) is 0. The summed E-state index contributed by atoms with van der Waals surface area (Å²) in [6, 6.07) is 19.4. The van der Waals surface area contributed by atoms with Gasteiger partial charge in [-0.25, -0.2) is 4.98 Å². The number of aromatic nitrogens is 2. The lowest BCUT2D eigenvalue weighted by Gasteiger charge is -2.13. The fourth-order valence-corrected chi connectivity index (χ4v) is 3.92. The number of nitrogens with one attached hydrogen (secondary N) is 1. The van der Waals surface area contributed by atoms with Crippen molar-refractivity contribution in [3.63, 3.8) is 0 Å². The Hall–Kier alpha value is -3.46. The van der Waals surface area contributed by atoms with Gasteiger partial charge in [0.1, 0.15) is 0 Å². The van der Waals surface area contributed by atoms with E-state index in [1.807, 2.05) is 18.3 Å². The monoisotopic (exact) mass is 407 g/mol. The molecule has 3 heteroatoms. The van der Waals surface area contributed by atoms with E-state index < -0.39 is 0 Å². The highest BCUT2D eigenvalue weighted by atomic mass is 14.9. The number of anilines is 1. The number of nitrogens with zero attached hydrogens (tertiary/aromatic N) is 2. The molecule has 0 aliphatic rings. The molecule has 156 valence electrons. The zero-order valence-corrected chi connectivity index (χ0v) is 18.4. The minimum Gasteiger partial charge on any atom is -0.381 e. The van der Waals surface area contributed by atoms with E-state index in [1.54, 1.807) is 6.20 Å². The van der Waals surface area contributed by atoms with Crippen LogP contribution in [0.2, 0.25) is 0 Å². The van der Waals surface area contributed by atoms with Gasteiger partial charge < -0.3 is 5.32 Å². The first-order chi connectivity index (χ1) is 15.2. The second-order valence-electron chi connectivity index (χ2n) is 7.95. The summed E-state index contributed by atoms with van der Waals surface area (Å²) in [5.41, 5.74) is 9.06. The molecule has 0 radical (unpaired) electrons. The second-order valence-corrected chi connectivity index (χ2v) is 7.95. The Morgan fingerprint density at radius 3 is 2.42 bits per heavy atom. The van der Waals surface area contributed by atoms with Crippen LogP contribution in [0.1, 0.15) is 42.0 Å². The first-order valence-electron chi connectivity index (χ1n) is 11.0. The van der Waals surface area contributed by atoms with E-state index >= 15 is 0 Å². The van der Waals surface area contributed by atoms with Crippen LogP contribution in [0, 0.1) is 6.92 Å². The molecular formula is C28H29N3. The van der Waals surface area contributed by atoms with Gasteiger partial charge in [-0.3, -0.25) is 4.98 Å². The van der Waals surface area contributed by atoms with E-state index in [0.717, 1.165) is 51.9 Å². The Labute approximate surface area is 184 Å². The van der Waals surface area contributed by atoms with Crippen LogP contribution in [0.5, 0.6) is 0 Å². The van der Waals surface area contributed by atoms with Crippen LogP contribution in [-0.2, 0) is 13.0 Å². The van der Waals surface area contributed by atoms with Crippen molar-refractivity contribution in [2.45, 2.75) is 39.7 Å². The molecule has 2 heterocycles. The van der Waals surface area contributed by atoms with E-state index in [4.69, 9.17) is 4.98 Å². The number of aryl methyl sites for hydroxylation is 1. The SMILES string of the molecule is C=Cc1c(C)c(-c2ccc(NCc3ccc(CCCC)cc3)cc2)nc2ccncc12. The van der Waals surface area contributed by atoms with Gasteiger partial charge in [0.05, 0.1) is 11.2 Å². The maximum atomic E-state index is 4.90. The molecule has 0 bridgehead atoms. The lowest BCUT2D eigenvalue weighted by atomic mass is 9.98. The molecule has 0 saturated heterocycles. The first kappa shape index (κ1) is 20.8. The first-order valence-corrected chi connectivity index (χ1v) is 11.0. The van der Waals surface area contributed by atoms with Gasteiger partial charge in [0.15, 0.2) is 0 Å². The number of benzene rings is 2. The Morgan fingerprint density at radius 1 is 0.968 bits per heavy atom. The normalized spacial score (nSPS) is 10.9. The lowest BCUT2D eigenvalue weighted by Crippen LogP contribution is -2.00. The maximum Gasteiger partial charge on any atom is 0.0746 e. The highest BCUT2D eigenvalue weighted by Crippen LogP contribution is 2.30. The van der Waals surface area contributed by atoms with Crippen molar-refractivity contribution in [2.24, 2.45) is 0 Å². The van der Waals surface area contributed by atoms with Crippen molar-refractivity contribution >= 4 is 22.7 Å². The van der Waals surface area contributed by atoms with Crippen LogP contribution < -0.4 is 5.32 Å². The van der Waals surface area contributed by atoms with Crippen LogP contribution in [0.15, 0.2) is 73.6 Å². The molecule has 0 unspecified atom stereocenters. The van der Waals surface area contributed by atoms with Crippen molar-refractivity contribution in [1.29, 1.82) is 0 Å². The van der Waals surface area contributed by atoms with Gasteiger partial charge >= 0.3 is 0 Å². The Balaban J connectivity index is 1.50. The van der Waals surface area contributed by atoms with Crippen molar-refractivity contribution in [3.05, 3.63) is 95.8 Å². The number of fused-ring (bicyclic) bond motifs is 1. The smallest absolute Gasteiger partial charge is 0.0746 e. The minimum atomic E-state index is 0.814. The van der Waals surface area contributed by atoms with Crippen molar-refractivity contribution in [2.75, 3.05) is 5.32 Å². The fraction of sp³-hybridized carbons (Fsp3) is 0.214. The van der Waals surface area contributed by atoms with Crippen LogP contribution in [0.3, 0.4) is 0 Å². The van der Waals surface area contributed by atoms with E-state index in [2.05, 4.69) is 79.3 Å². The molecule has 0 atom stereocenters. The van der Waals surface area contributed by atoms with Gasteiger partial charge in [-0.05, 0) is 60.2 Å². The molecular weight excluding hydrogens is 378 g/mol. The minimum absolute atomic E-state index is 0.814. The van der Waals surface area contributed by atoms with Gasteiger partial charge in [-0.1, -0.05) is 62.4 Å². The average molecular weight is 408 g/mol. The van der Waals surface area contributed by atoms with Gasteiger partial charge in [-0.2, -0.15) is 0 Å². The predicted octanol–water partition coefficient (Wildman–Crippen LogP) is 7.20. The molecule has 0 aliphatic carbocycles. The number of hydrogen-bond donors (Lipinski definition) is 1. The summed E-state index contributed by atoms with van der Waals surface area (Å²) < 4.78 is 0. The molecule has 3 nitrogen and oxygen atoms in total. The van der Waals surface area contributed by atoms with E-state index in [9.17, 15) is 0 Å². The molecule has 31 heavy (non-hydrogen) atoms. The molecule has 0 saturated carbocycles. The van der Waals surface area contributed by atoms with Crippen LogP contribution in [0.25, 0.3) is 28.2 Å². The molecule has 2 aromatic carbocycles. The molecule has 0 amide bonds. The van der Waals surface area contributed by atoms with Crippen molar-refractivity contribution in [3.8, 4) is 11.3 Å². The second kappa shape index (κ2) is 9.57. The number of rotatable bonds is 8. The summed E-state index contributed by atoms with van der Waals surface area (Å²) in [5, 5.41) is 4.56. The average Bonchev–Trinajstić information content (AvgIpc) is 2.82. The van der Waals surface area contributed by atoms with Crippen molar-refractivity contribution < 1.29 is 0 Å². The van der Waals surface area contributed by atoms with E-state index in [-0.39, 0.29) is 0 Å². The summed E-state index contributed by atoms with van der Waals surface area (Å²) in [4.78, 5) is 9.14. The molecule has 2 aromatic heterocycles. The third kappa shape index (κ3) is 4.66. The number of hydrogen-bond acceptors (Lipinski definition) is 3. The van der Waals surface area contributed by atoms with Gasteiger partial charge in [0.2, 0.25) is 0 Å². The summed E-state index contributed by atoms with van der Waals surface area (Å²) in [6.45, 7) is 9.14. The lowest BCUT2D eigenvalue weighted by molar-refractivity contribution is 0.794. The third-order valence-electron chi connectivity index (χ3n) is 5.78. The highest BCUT2D eigenvalue weighted by Gasteiger charge is 2.11. The van der Waals surface area contributed by atoms with Crippen LogP contribution in [-0.4, -0.2) is 9.97 Å². The van der Waals surface area contributed by atoms with E-state index in [1.165, 1.54) is 24.0 Å². The Kier molecular flexibility index (Phi) is 6.42. The van der Waals surface area contributed by atoms with Gasteiger partial charge in [-0.15, -0.1) is 0 Å². The largest absolute Gasteiger partial charge is 0.381 e. The zero-order valence-electron chi connectivity index (χ0n) is 18.4. The molecule has 0 fully saturated rings. The maximum absolute atomic E-state index is 4.90.